The summed E-state index contributed by atoms with van der Waals surface area (Å²) in [5, 5.41) is 11.2. The molecule has 10 nitrogen and oxygen atoms in total. The van der Waals surface area contributed by atoms with Crippen molar-refractivity contribution >= 4 is 23.6 Å². The lowest BCUT2D eigenvalue weighted by atomic mass is 10.1. The number of carbonyl (C=O) groups excluding carboxylic acids is 2. The predicted octanol–water partition coefficient (Wildman–Crippen LogP) is 1.29. The molecule has 2 aromatic rings. The monoisotopic (exact) mass is 436 g/mol. The van der Waals surface area contributed by atoms with Gasteiger partial charge in [-0.25, -0.2) is 4.68 Å². The highest BCUT2D eigenvalue weighted by atomic mass is 32.2. The molecule has 0 saturated carbocycles. The number of amides is 2. The van der Waals surface area contributed by atoms with E-state index in [1.165, 1.54) is 18.1 Å². The lowest BCUT2D eigenvalue weighted by Crippen LogP contribution is -2.43. The van der Waals surface area contributed by atoms with Crippen LogP contribution in [0.4, 0.5) is 0 Å². The van der Waals surface area contributed by atoms with E-state index in [1.807, 2.05) is 39.8 Å². The molecule has 0 radical (unpaired) electrons. The Labute approximate surface area is 179 Å². The molecule has 0 atom stereocenters. The van der Waals surface area contributed by atoms with Crippen molar-refractivity contribution in [1.29, 1.82) is 0 Å². The molecule has 0 aliphatic heterocycles. The van der Waals surface area contributed by atoms with Crippen molar-refractivity contribution in [1.82, 2.24) is 20.2 Å². The molecule has 30 heavy (non-hydrogen) atoms. The van der Waals surface area contributed by atoms with E-state index in [0.29, 0.717) is 29.8 Å². The Morgan fingerprint density at radius 3 is 2.67 bits per heavy atom. The van der Waals surface area contributed by atoms with Crippen molar-refractivity contribution in [2.75, 3.05) is 24.4 Å². The molecule has 1 aromatic heterocycles. The Hall–Kier alpha value is -2.95. The lowest BCUT2D eigenvalue weighted by Gasteiger charge is -2.21. The molecular weight excluding hydrogens is 408 g/mol. The molecule has 2 rings (SSSR count). The zero-order valence-corrected chi connectivity index (χ0v) is 18.4. The van der Waals surface area contributed by atoms with E-state index in [2.05, 4.69) is 20.9 Å². The van der Waals surface area contributed by atoms with Crippen LogP contribution in [0.2, 0.25) is 0 Å². The van der Waals surface area contributed by atoms with Crippen molar-refractivity contribution in [2.45, 2.75) is 44.9 Å². The summed E-state index contributed by atoms with van der Waals surface area (Å²) >= 11 is 1.19. The quantitative estimate of drug-likeness (QED) is 0.449. The number of carbonyl (C=O) groups is 2. The molecular formula is C19H28N6O4S. The molecule has 1 aromatic carbocycles. The summed E-state index contributed by atoms with van der Waals surface area (Å²) in [6.45, 7) is 8.41. The third-order valence-electron chi connectivity index (χ3n) is 3.49. The first-order valence-corrected chi connectivity index (χ1v) is 10.4. The first-order valence-electron chi connectivity index (χ1n) is 9.42. The van der Waals surface area contributed by atoms with Crippen LogP contribution < -0.4 is 25.9 Å². The van der Waals surface area contributed by atoms with Gasteiger partial charge in [0.15, 0.2) is 18.1 Å². The number of nitrogens with one attached hydrogen (secondary N) is 2. The minimum absolute atomic E-state index is 0.101. The summed E-state index contributed by atoms with van der Waals surface area (Å²) in [7, 11) is 0. The van der Waals surface area contributed by atoms with E-state index >= 15 is 0 Å². The highest BCUT2D eigenvalue weighted by Crippen LogP contribution is 2.28. The maximum Gasteiger partial charge on any atom is 0.258 e. The first-order chi connectivity index (χ1) is 14.2. The minimum atomic E-state index is -0.428. The van der Waals surface area contributed by atoms with Crippen molar-refractivity contribution in [3.05, 3.63) is 30.1 Å². The zero-order chi connectivity index (χ0) is 22.1. The second-order valence-electron chi connectivity index (χ2n) is 7.37. The van der Waals surface area contributed by atoms with Crippen LogP contribution in [0.5, 0.6) is 11.5 Å². The molecule has 0 fully saturated rings. The standard InChI is InChI=1S/C19H28N6O4S/c1-5-28-15-8-13(6-7-14(15)29-10-17(27)23-19(2,3)4)9-22-25-12-21-24-18(25)30-11-16(20)26/h6-8,12,22H,5,9-11H2,1-4H3,(H2,20,26)(H,23,27). The summed E-state index contributed by atoms with van der Waals surface area (Å²) in [5.41, 5.74) is 8.92. The number of nitrogens with zero attached hydrogens (tertiary/aromatic N) is 3. The number of rotatable bonds is 11. The van der Waals surface area contributed by atoms with E-state index in [-0.39, 0.29) is 23.8 Å². The molecule has 0 unspecified atom stereocenters. The van der Waals surface area contributed by atoms with E-state index in [9.17, 15) is 9.59 Å². The number of primary amides is 1. The smallest absolute Gasteiger partial charge is 0.258 e. The molecule has 0 bridgehead atoms. The van der Waals surface area contributed by atoms with Gasteiger partial charge in [0, 0.05) is 5.54 Å². The molecule has 1 heterocycles. The predicted molar refractivity (Wildman–Crippen MR) is 114 cm³/mol. The lowest BCUT2D eigenvalue weighted by molar-refractivity contribution is -0.124. The second-order valence-corrected chi connectivity index (χ2v) is 8.32. The molecule has 2 amide bonds. The third kappa shape index (κ3) is 7.82. The van der Waals surface area contributed by atoms with Gasteiger partial charge in [-0.1, -0.05) is 17.8 Å². The van der Waals surface area contributed by atoms with Gasteiger partial charge in [0.1, 0.15) is 6.33 Å². The van der Waals surface area contributed by atoms with Crippen LogP contribution >= 0.6 is 11.8 Å². The largest absolute Gasteiger partial charge is 0.490 e. The number of aromatic nitrogens is 3. The topological polar surface area (TPSA) is 133 Å². The Bertz CT molecular complexity index is 865. The summed E-state index contributed by atoms with van der Waals surface area (Å²) in [6, 6.07) is 5.47. The normalized spacial score (nSPS) is 11.1. The Morgan fingerprint density at radius 2 is 2.00 bits per heavy atom. The van der Waals surface area contributed by atoms with E-state index in [1.54, 1.807) is 10.7 Å². The van der Waals surface area contributed by atoms with Crippen LogP contribution in [-0.2, 0) is 16.1 Å². The average Bonchev–Trinajstić information content (AvgIpc) is 3.10. The van der Waals surface area contributed by atoms with Gasteiger partial charge in [-0.2, -0.15) is 0 Å². The van der Waals surface area contributed by atoms with Gasteiger partial charge in [-0.3, -0.25) is 9.59 Å². The van der Waals surface area contributed by atoms with Gasteiger partial charge >= 0.3 is 0 Å². The van der Waals surface area contributed by atoms with E-state index < -0.39 is 5.91 Å². The van der Waals surface area contributed by atoms with E-state index in [4.69, 9.17) is 15.2 Å². The highest BCUT2D eigenvalue weighted by molar-refractivity contribution is 7.99. The minimum Gasteiger partial charge on any atom is -0.490 e. The van der Waals surface area contributed by atoms with Crippen molar-refractivity contribution < 1.29 is 19.1 Å². The van der Waals surface area contributed by atoms with Crippen LogP contribution in [0, 0.1) is 0 Å². The van der Waals surface area contributed by atoms with Gasteiger partial charge in [0.2, 0.25) is 11.1 Å². The van der Waals surface area contributed by atoms with Crippen LogP contribution in [0.15, 0.2) is 29.7 Å². The fourth-order valence-corrected chi connectivity index (χ4v) is 3.02. The van der Waals surface area contributed by atoms with Crippen molar-refractivity contribution in [2.24, 2.45) is 5.73 Å². The van der Waals surface area contributed by atoms with E-state index in [0.717, 1.165) is 5.56 Å². The summed E-state index contributed by atoms with van der Waals surface area (Å²) in [5.74, 6) is 0.523. The molecule has 0 saturated heterocycles. The first kappa shape index (κ1) is 23.3. The molecule has 0 aliphatic carbocycles. The molecule has 11 heteroatoms. The summed E-state index contributed by atoms with van der Waals surface area (Å²) < 4.78 is 12.9. The molecule has 0 aliphatic rings. The Kier molecular flexibility index (Phi) is 8.34. The fraction of sp³-hybridized carbons (Fsp3) is 0.474. The van der Waals surface area contributed by atoms with Crippen molar-refractivity contribution in [3.8, 4) is 11.5 Å². The van der Waals surface area contributed by atoms with Crippen LogP contribution in [0.25, 0.3) is 0 Å². The van der Waals surface area contributed by atoms with Gasteiger partial charge in [0.25, 0.3) is 5.91 Å². The van der Waals surface area contributed by atoms with Gasteiger partial charge in [-0.15, -0.1) is 10.2 Å². The number of ether oxygens (including phenoxy) is 2. The Morgan fingerprint density at radius 1 is 1.23 bits per heavy atom. The van der Waals surface area contributed by atoms with Crippen LogP contribution in [0.3, 0.4) is 0 Å². The average molecular weight is 437 g/mol. The number of benzene rings is 1. The summed E-state index contributed by atoms with van der Waals surface area (Å²) in [4.78, 5) is 22.9. The Balaban J connectivity index is 2.00. The van der Waals surface area contributed by atoms with Gasteiger partial charge in [0.05, 0.1) is 18.9 Å². The van der Waals surface area contributed by atoms with Gasteiger partial charge < -0.3 is 25.9 Å². The maximum atomic E-state index is 12.0. The third-order valence-corrected chi connectivity index (χ3v) is 4.46. The molecule has 0 spiro atoms. The highest BCUT2D eigenvalue weighted by Gasteiger charge is 2.15. The zero-order valence-electron chi connectivity index (χ0n) is 17.6. The van der Waals surface area contributed by atoms with Crippen LogP contribution in [-0.4, -0.2) is 51.2 Å². The number of hydrogen-bond acceptors (Lipinski definition) is 8. The molecule has 164 valence electrons. The van der Waals surface area contributed by atoms with Crippen molar-refractivity contribution in [3.63, 3.8) is 0 Å². The number of thioether (sulfide) groups is 1. The van der Waals surface area contributed by atoms with Crippen LogP contribution in [0.1, 0.15) is 33.3 Å². The number of hydrogen-bond donors (Lipinski definition) is 3. The van der Waals surface area contributed by atoms with Gasteiger partial charge in [-0.05, 0) is 45.4 Å². The second kappa shape index (κ2) is 10.7. The number of nitrogens with two attached hydrogens (primary N) is 1. The maximum absolute atomic E-state index is 12.0. The SMILES string of the molecule is CCOc1cc(CNn2cnnc2SCC(N)=O)ccc1OCC(=O)NC(C)(C)C. The fourth-order valence-electron chi connectivity index (χ4n) is 2.39. The molecule has 4 N–H and O–H groups in total. The summed E-state index contributed by atoms with van der Waals surface area (Å²) in [6.07, 6.45) is 1.51.